The van der Waals surface area contributed by atoms with E-state index in [1.165, 1.54) is 18.1 Å². The number of ether oxygens (including phenoxy) is 1. The van der Waals surface area contributed by atoms with Crippen LogP contribution < -0.4 is 4.90 Å². The Balaban J connectivity index is 2.09. The number of fused-ring (bicyclic) bond motifs is 1. The van der Waals surface area contributed by atoms with Gasteiger partial charge in [0.15, 0.2) is 0 Å². The number of carbonyl (C=O) groups excluding carboxylic acids is 2. The van der Waals surface area contributed by atoms with Crippen molar-refractivity contribution < 1.29 is 18.7 Å². The number of amides is 1. The Hall–Kier alpha value is -1.91. The van der Waals surface area contributed by atoms with E-state index in [2.05, 4.69) is 4.74 Å². The Morgan fingerprint density at radius 1 is 1.39 bits per heavy atom. The van der Waals surface area contributed by atoms with Gasteiger partial charge in [0.25, 0.3) is 0 Å². The lowest BCUT2D eigenvalue weighted by atomic mass is 10.1. The van der Waals surface area contributed by atoms with Crippen LogP contribution in [0.25, 0.3) is 0 Å². The molecule has 1 heterocycles. The van der Waals surface area contributed by atoms with Gasteiger partial charge in [-0.1, -0.05) is 12.1 Å². The van der Waals surface area contributed by atoms with Crippen LogP contribution in [0.4, 0.5) is 10.1 Å². The molecule has 0 aromatic heterocycles. The van der Waals surface area contributed by atoms with E-state index in [0.717, 1.165) is 5.56 Å². The van der Waals surface area contributed by atoms with Crippen LogP contribution in [-0.2, 0) is 20.7 Å². The van der Waals surface area contributed by atoms with Crippen molar-refractivity contribution in [3.63, 3.8) is 0 Å². The highest BCUT2D eigenvalue weighted by atomic mass is 19.1. The van der Waals surface area contributed by atoms with Gasteiger partial charge >= 0.3 is 5.97 Å². The minimum Gasteiger partial charge on any atom is -0.469 e. The van der Waals surface area contributed by atoms with Gasteiger partial charge in [-0.2, -0.15) is 0 Å². The Morgan fingerprint density at radius 2 is 2.17 bits per heavy atom. The lowest BCUT2D eigenvalue weighted by Crippen LogP contribution is -2.29. The number of rotatable bonds is 3. The molecule has 1 aliphatic heterocycles. The molecule has 0 fully saturated rings. The molecule has 0 saturated carbocycles. The van der Waals surface area contributed by atoms with Gasteiger partial charge in [0.05, 0.1) is 19.2 Å². The minimum absolute atomic E-state index is 0.0234. The van der Waals surface area contributed by atoms with E-state index in [0.29, 0.717) is 18.7 Å². The normalized spacial score (nSPS) is 13.3. The van der Waals surface area contributed by atoms with Gasteiger partial charge in [-0.05, 0) is 18.1 Å². The standard InChI is InChI=1S/C13H14FNO3/c1-18-12(17)6-5-11(16)15-8-7-9-3-2-4-10(14)13(9)15/h2-4H,5-8H2,1H3. The van der Waals surface area contributed by atoms with Crippen LogP contribution in [0.1, 0.15) is 18.4 Å². The van der Waals surface area contributed by atoms with Gasteiger partial charge in [-0.3, -0.25) is 9.59 Å². The SMILES string of the molecule is COC(=O)CCC(=O)N1CCc2cccc(F)c21. The Kier molecular flexibility index (Phi) is 3.60. The highest BCUT2D eigenvalue weighted by Crippen LogP contribution is 2.31. The van der Waals surface area contributed by atoms with Crippen LogP contribution in [0, 0.1) is 5.82 Å². The predicted octanol–water partition coefficient (Wildman–Crippen LogP) is 1.67. The number of nitrogens with zero attached hydrogens (tertiary/aromatic N) is 1. The first-order valence-corrected chi connectivity index (χ1v) is 5.78. The zero-order chi connectivity index (χ0) is 13.1. The summed E-state index contributed by atoms with van der Waals surface area (Å²) in [6.07, 6.45) is 0.715. The fraction of sp³-hybridized carbons (Fsp3) is 0.385. The fourth-order valence-electron chi connectivity index (χ4n) is 2.10. The number of esters is 1. The van der Waals surface area contributed by atoms with Crippen molar-refractivity contribution >= 4 is 17.6 Å². The maximum absolute atomic E-state index is 13.7. The van der Waals surface area contributed by atoms with Crippen LogP contribution >= 0.6 is 0 Å². The first-order valence-electron chi connectivity index (χ1n) is 5.78. The lowest BCUT2D eigenvalue weighted by molar-refractivity contribution is -0.141. The highest BCUT2D eigenvalue weighted by Gasteiger charge is 2.27. The van der Waals surface area contributed by atoms with Gasteiger partial charge in [-0.15, -0.1) is 0 Å². The van der Waals surface area contributed by atoms with Crippen LogP contribution in [0.15, 0.2) is 18.2 Å². The average Bonchev–Trinajstić information content (AvgIpc) is 2.81. The molecule has 0 saturated heterocycles. The predicted molar refractivity (Wildman–Crippen MR) is 63.7 cm³/mol. The molecule has 96 valence electrons. The van der Waals surface area contributed by atoms with E-state index in [1.54, 1.807) is 6.07 Å². The summed E-state index contributed by atoms with van der Waals surface area (Å²) in [6, 6.07) is 4.79. The quantitative estimate of drug-likeness (QED) is 0.768. The number of hydrogen-bond donors (Lipinski definition) is 0. The summed E-state index contributed by atoms with van der Waals surface area (Å²) in [5.41, 5.74) is 1.19. The molecule has 0 unspecified atom stereocenters. The maximum atomic E-state index is 13.7. The summed E-state index contributed by atoms with van der Waals surface area (Å²) in [5.74, 6) is -1.07. The molecule has 0 aliphatic carbocycles. The van der Waals surface area contributed by atoms with E-state index in [4.69, 9.17) is 0 Å². The van der Waals surface area contributed by atoms with Crippen molar-refractivity contribution in [1.82, 2.24) is 0 Å². The number of benzene rings is 1. The number of para-hydroxylation sites is 1. The van der Waals surface area contributed by atoms with Crippen LogP contribution in [-0.4, -0.2) is 25.5 Å². The Morgan fingerprint density at radius 3 is 2.89 bits per heavy atom. The second-order valence-corrected chi connectivity index (χ2v) is 4.12. The Bertz CT molecular complexity index is 487. The van der Waals surface area contributed by atoms with Gasteiger partial charge in [0, 0.05) is 13.0 Å². The molecular weight excluding hydrogens is 237 g/mol. The molecule has 1 aromatic carbocycles. The highest BCUT2D eigenvalue weighted by molar-refractivity contribution is 5.96. The van der Waals surface area contributed by atoms with E-state index < -0.39 is 11.8 Å². The van der Waals surface area contributed by atoms with Crippen molar-refractivity contribution in [2.45, 2.75) is 19.3 Å². The maximum Gasteiger partial charge on any atom is 0.306 e. The monoisotopic (exact) mass is 251 g/mol. The van der Waals surface area contributed by atoms with Gasteiger partial charge in [-0.25, -0.2) is 4.39 Å². The number of carbonyl (C=O) groups is 2. The smallest absolute Gasteiger partial charge is 0.306 e. The van der Waals surface area contributed by atoms with Crippen LogP contribution in [0.2, 0.25) is 0 Å². The minimum atomic E-state index is -0.434. The summed E-state index contributed by atoms with van der Waals surface area (Å²) in [5, 5.41) is 0. The van der Waals surface area contributed by atoms with Crippen molar-refractivity contribution in [2.24, 2.45) is 0 Å². The van der Waals surface area contributed by atoms with Crippen LogP contribution in [0.5, 0.6) is 0 Å². The Labute approximate surface area is 104 Å². The molecule has 1 aliphatic rings. The van der Waals surface area contributed by atoms with Gasteiger partial charge in [0.2, 0.25) is 5.91 Å². The third-order valence-electron chi connectivity index (χ3n) is 3.02. The van der Waals surface area contributed by atoms with Crippen LogP contribution in [0.3, 0.4) is 0 Å². The molecule has 1 amide bonds. The van der Waals surface area contributed by atoms with Gasteiger partial charge in [0.1, 0.15) is 5.82 Å². The van der Waals surface area contributed by atoms with E-state index in [-0.39, 0.29) is 18.7 Å². The number of halogens is 1. The first kappa shape index (κ1) is 12.5. The molecule has 18 heavy (non-hydrogen) atoms. The van der Waals surface area contributed by atoms with Crippen molar-refractivity contribution in [1.29, 1.82) is 0 Å². The molecule has 0 atom stereocenters. The first-order chi connectivity index (χ1) is 8.63. The molecule has 2 rings (SSSR count). The summed E-state index contributed by atoms with van der Waals surface area (Å²) >= 11 is 0. The summed E-state index contributed by atoms with van der Waals surface area (Å²) in [7, 11) is 1.28. The molecule has 1 aromatic rings. The molecular formula is C13H14FNO3. The molecule has 4 nitrogen and oxygen atoms in total. The molecule has 0 radical (unpaired) electrons. The number of anilines is 1. The summed E-state index contributed by atoms with van der Waals surface area (Å²) in [4.78, 5) is 24.3. The molecule has 0 bridgehead atoms. The second kappa shape index (κ2) is 5.16. The van der Waals surface area contributed by atoms with E-state index in [9.17, 15) is 14.0 Å². The van der Waals surface area contributed by atoms with E-state index >= 15 is 0 Å². The largest absolute Gasteiger partial charge is 0.469 e. The molecule has 0 spiro atoms. The molecule has 5 heteroatoms. The number of hydrogen-bond acceptors (Lipinski definition) is 3. The third-order valence-corrected chi connectivity index (χ3v) is 3.02. The zero-order valence-corrected chi connectivity index (χ0v) is 10.1. The lowest BCUT2D eigenvalue weighted by Gasteiger charge is -2.17. The average molecular weight is 251 g/mol. The second-order valence-electron chi connectivity index (χ2n) is 4.12. The third kappa shape index (κ3) is 2.34. The summed E-state index contributed by atoms with van der Waals surface area (Å²) in [6.45, 7) is 0.469. The fourth-order valence-corrected chi connectivity index (χ4v) is 2.10. The van der Waals surface area contributed by atoms with Gasteiger partial charge < -0.3 is 9.64 Å². The molecule has 0 N–H and O–H groups in total. The zero-order valence-electron chi connectivity index (χ0n) is 10.1. The van der Waals surface area contributed by atoms with Crippen molar-refractivity contribution in [2.75, 3.05) is 18.6 Å². The van der Waals surface area contributed by atoms with Crippen molar-refractivity contribution in [3.05, 3.63) is 29.6 Å². The topological polar surface area (TPSA) is 46.6 Å². The number of methoxy groups -OCH3 is 1. The van der Waals surface area contributed by atoms with E-state index in [1.807, 2.05) is 6.07 Å². The van der Waals surface area contributed by atoms with Crippen molar-refractivity contribution in [3.8, 4) is 0 Å². The summed E-state index contributed by atoms with van der Waals surface area (Å²) < 4.78 is 18.2.